The Kier molecular flexibility index (Phi) is 4.34. The lowest BCUT2D eigenvalue weighted by Gasteiger charge is -2.10. The molecule has 1 N–H and O–H groups in total. The Morgan fingerprint density at radius 3 is 2.63 bits per heavy atom. The summed E-state index contributed by atoms with van der Waals surface area (Å²) < 4.78 is 4.61. The molecule has 0 saturated carbocycles. The minimum absolute atomic E-state index is 0.0452. The fourth-order valence-corrected chi connectivity index (χ4v) is 3.11. The van der Waals surface area contributed by atoms with Crippen LogP contribution in [0.3, 0.4) is 0 Å². The molecule has 1 atom stereocenters. The Morgan fingerprint density at radius 1 is 1.26 bits per heavy atom. The molecular weight excluding hydrogens is 282 g/mol. The van der Waals surface area contributed by atoms with Crippen molar-refractivity contribution in [2.75, 3.05) is 7.11 Å². The Hall–Kier alpha value is -1.66. The zero-order valence-corrected chi connectivity index (χ0v) is 12.1. The molecule has 19 heavy (non-hydrogen) atoms. The third-order valence-corrected chi connectivity index (χ3v) is 4.65. The zero-order valence-electron chi connectivity index (χ0n) is 10.5. The quantitative estimate of drug-likeness (QED) is 0.882. The molecule has 4 nitrogen and oxygen atoms in total. The molecular formula is C13H13NO3S2. The summed E-state index contributed by atoms with van der Waals surface area (Å²) in [5.41, 5.74) is 0. The summed E-state index contributed by atoms with van der Waals surface area (Å²) in [6.07, 6.45) is 0. The Bertz CT molecular complexity index is 574. The monoisotopic (exact) mass is 295 g/mol. The molecule has 0 bridgehead atoms. The second-order valence-corrected chi connectivity index (χ2v) is 5.93. The maximum absolute atomic E-state index is 12.0. The van der Waals surface area contributed by atoms with E-state index in [2.05, 4.69) is 10.1 Å². The van der Waals surface area contributed by atoms with Gasteiger partial charge >= 0.3 is 5.97 Å². The van der Waals surface area contributed by atoms with Crippen molar-refractivity contribution in [2.24, 2.45) is 0 Å². The number of thiophene rings is 2. The number of carbonyl (C=O) groups excluding carboxylic acids is 2. The molecule has 1 amide bonds. The van der Waals surface area contributed by atoms with Gasteiger partial charge in [-0.15, -0.1) is 22.7 Å². The second-order valence-electron chi connectivity index (χ2n) is 3.87. The van der Waals surface area contributed by atoms with E-state index in [0.717, 1.165) is 16.2 Å². The van der Waals surface area contributed by atoms with Crippen LogP contribution in [-0.4, -0.2) is 19.0 Å². The topological polar surface area (TPSA) is 55.4 Å². The van der Waals surface area contributed by atoms with Gasteiger partial charge in [-0.2, -0.15) is 0 Å². The van der Waals surface area contributed by atoms with Gasteiger partial charge in [-0.3, -0.25) is 4.79 Å². The fourth-order valence-electron chi connectivity index (χ4n) is 1.55. The van der Waals surface area contributed by atoms with Crippen LogP contribution in [0.5, 0.6) is 0 Å². The first-order valence-corrected chi connectivity index (χ1v) is 7.34. The lowest BCUT2D eigenvalue weighted by molar-refractivity contribution is 0.0606. The molecule has 2 aromatic rings. The molecule has 2 heterocycles. The molecule has 0 aliphatic heterocycles. The van der Waals surface area contributed by atoms with Gasteiger partial charge in [0.05, 0.1) is 18.0 Å². The van der Waals surface area contributed by atoms with Crippen molar-refractivity contribution in [1.29, 1.82) is 0 Å². The van der Waals surface area contributed by atoms with Crippen LogP contribution in [0.25, 0.3) is 0 Å². The molecule has 0 unspecified atom stereocenters. The first-order chi connectivity index (χ1) is 9.11. The van der Waals surface area contributed by atoms with Crippen LogP contribution in [0.4, 0.5) is 0 Å². The van der Waals surface area contributed by atoms with Crippen LogP contribution in [0.2, 0.25) is 0 Å². The van der Waals surface area contributed by atoms with Gasteiger partial charge in [0.15, 0.2) is 0 Å². The number of esters is 1. The molecule has 6 heteroatoms. The summed E-state index contributed by atoms with van der Waals surface area (Å²) in [6, 6.07) is 7.11. The maximum Gasteiger partial charge on any atom is 0.348 e. The number of nitrogens with one attached hydrogen (secondary N) is 1. The van der Waals surface area contributed by atoms with E-state index in [4.69, 9.17) is 0 Å². The molecule has 0 spiro atoms. The second kappa shape index (κ2) is 5.99. The largest absolute Gasteiger partial charge is 0.465 e. The summed E-state index contributed by atoms with van der Waals surface area (Å²) in [6.45, 7) is 1.93. The van der Waals surface area contributed by atoms with E-state index in [1.165, 1.54) is 7.11 Å². The van der Waals surface area contributed by atoms with Crippen molar-refractivity contribution < 1.29 is 14.3 Å². The number of carbonyl (C=O) groups is 2. The van der Waals surface area contributed by atoms with E-state index in [0.29, 0.717) is 9.75 Å². The van der Waals surface area contributed by atoms with E-state index in [-0.39, 0.29) is 11.9 Å². The minimum Gasteiger partial charge on any atom is -0.465 e. The number of ether oxygens (including phenoxy) is 1. The molecule has 2 aromatic heterocycles. The highest BCUT2D eigenvalue weighted by molar-refractivity contribution is 7.15. The van der Waals surface area contributed by atoms with Crippen LogP contribution >= 0.6 is 22.7 Å². The van der Waals surface area contributed by atoms with Gasteiger partial charge in [0.1, 0.15) is 4.88 Å². The normalized spacial score (nSPS) is 11.9. The van der Waals surface area contributed by atoms with Gasteiger partial charge in [0.2, 0.25) is 0 Å². The van der Waals surface area contributed by atoms with Gasteiger partial charge < -0.3 is 10.1 Å². The number of amides is 1. The minimum atomic E-state index is -0.421. The summed E-state index contributed by atoms with van der Waals surface area (Å²) in [5.74, 6) is -0.601. The van der Waals surface area contributed by atoms with Crippen molar-refractivity contribution in [3.8, 4) is 0 Å². The molecule has 0 aliphatic carbocycles. The van der Waals surface area contributed by atoms with Crippen LogP contribution < -0.4 is 5.32 Å². The van der Waals surface area contributed by atoms with Gasteiger partial charge in [0.25, 0.3) is 5.91 Å². The molecule has 0 fully saturated rings. The van der Waals surface area contributed by atoms with E-state index < -0.39 is 5.97 Å². The third kappa shape index (κ3) is 3.21. The lowest BCUT2D eigenvalue weighted by Crippen LogP contribution is -2.25. The Morgan fingerprint density at radius 2 is 2.00 bits per heavy atom. The predicted molar refractivity (Wildman–Crippen MR) is 75.9 cm³/mol. The average Bonchev–Trinajstić information content (AvgIpc) is 3.08. The van der Waals surface area contributed by atoms with Crippen LogP contribution in [-0.2, 0) is 4.74 Å². The molecule has 100 valence electrons. The Balaban J connectivity index is 2.04. The van der Waals surface area contributed by atoms with Crippen molar-refractivity contribution in [3.05, 3.63) is 44.3 Å². The van der Waals surface area contributed by atoms with E-state index in [1.54, 1.807) is 23.5 Å². The van der Waals surface area contributed by atoms with Gasteiger partial charge in [-0.05, 0) is 30.5 Å². The van der Waals surface area contributed by atoms with Crippen molar-refractivity contribution in [2.45, 2.75) is 13.0 Å². The lowest BCUT2D eigenvalue weighted by atomic mass is 10.2. The first-order valence-electron chi connectivity index (χ1n) is 5.64. The number of methoxy groups -OCH3 is 1. The molecule has 2 rings (SSSR count). The molecule has 0 aromatic carbocycles. The van der Waals surface area contributed by atoms with Crippen molar-refractivity contribution in [3.63, 3.8) is 0 Å². The van der Waals surface area contributed by atoms with Crippen molar-refractivity contribution >= 4 is 34.6 Å². The molecule has 0 aliphatic rings. The number of hydrogen-bond donors (Lipinski definition) is 1. The highest BCUT2D eigenvalue weighted by atomic mass is 32.1. The first kappa shape index (κ1) is 13.8. The summed E-state index contributed by atoms with van der Waals surface area (Å²) in [4.78, 5) is 25.4. The number of hydrogen-bond acceptors (Lipinski definition) is 5. The highest BCUT2D eigenvalue weighted by Crippen LogP contribution is 2.21. The van der Waals surface area contributed by atoms with Crippen molar-refractivity contribution in [1.82, 2.24) is 5.32 Å². The van der Waals surface area contributed by atoms with Gasteiger partial charge in [0, 0.05) is 4.88 Å². The number of rotatable bonds is 4. The molecule has 0 saturated heterocycles. The standard InChI is InChI=1S/C13H13NO3S2/c1-8(9-4-3-7-18-9)14-12(15)10-5-6-11(19-10)13(16)17-2/h3-8H,1-2H3,(H,14,15)/t8-/m0/s1. The molecule has 0 radical (unpaired) electrons. The van der Waals surface area contributed by atoms with E-state index in [1.807, 2.05) is 24.4 Å². The van der Waals surface area contributed by atoms with Gasteiger partial charge in [-0.1, -0.05) is 6.07 Å². The van der Waals surface area contributed by atoms with Gasteiger partial charge in [-0.25, -0.2) is 4.79 Å². The highest BCUT2D eigenvalue weighted by Gasteiger charge is 2.16. The summed E-state index contributed by atoms with van der Waals surface area (Å²) in [5, 5.41) is 4.87. The average molecular weight is 295 g/mol. The van der Waals surface area contributed by atoms with E-state index >= 15 is 0 Å². The summed E-state index contributed by atoms with van der Waals surface area (Å²) in [7, 11) is 1.32. The fraction of sp³-hybridized carbons (Fsp3) is 0.231. The SMILES string of the molecule is COC(=O)c1ccc(C(=O)N[C@@H](C)c2cccs2)s1. The zero-order chi connectivity index (χ0) is 13.8. The predicted octanol–water partition coefficient (Wildman–Crippen LogP) is 3.09. The smallest absolute Gasteiger partial charge is 0.348 e. The third-order valence-electron chi connectivity index (χ3n) is 2.53. The van der Waals surface area contributed by atoms with Crippen LogP contribution in [0.15, 0.2) is 29.6 Å². The Labute approximate surface area is 119 Å². The van der Waals surface area contributed by atoms with Crippen LogP contribution in [0, 0.1) is 0 Å². The van der Waals surface area contributed by atoms with Crippen LogP contribution in [0.1, 0.15) is 37.2 Å². The van der Waals surface area contributed by atoms with E-state index in [9.17, 15) is 9.59 Å². The maximum atomic E-state index is 12.0. The summed E-state index contributed by atoms with van der Waals surface area (Å²) >= 11 is 2.73.